The van der Waals surface area contributed by atoms with E-state index in [0.717, 1.165) is 37.1 Å². The van der Waals surface area contributed by atoms with Crippen LogP contribution in [0, 0.1) is 6.92 Å². The first-order valence-electron chi connectivity index (χ1n) is 8.43. The van der Waals surface area contributed by atoms with E-state index in [4.69, 9.17) is 4.42 Å². The fourth-order valence-electron chi connectivity index (χ4n) is 3.20. The highest BCUT2D eigenvalue weighted by Gasteiger charge is 2.24. The van der Waals surface area contributed by atoms with Crippen molar-refractivity contribution in [3.05, 3.63) is 59.5 Å². The number of aryl methyl sites for hydroxylation is 1. The Hall–Kier alpha value is -2.11. The highest BCUT2D eigenvalue weighted by Crippen LogP contribution is 2.18. The van der Waals surface area contributed by atoms with Crippen LogP contribution < -0.4 is 5.32 Å². The summed E-state index contributed by atoms with van der Waals surface area (Å²) >= 11 is 0. The average Bonchev–Trinajstić information content (AvgIpc) is 3.14. The molecule has 1 aromatic heterocycles. The highest BCUT2D eigenvalue weighted by molar-refractivity contribution is 5.93. The third kappa shape index (κ3) is 3.86. The van der Waals surface area contributed by atoms with E-state index in [2.05, 4.69) is 5.32 Å². The molecule has 1 aliphatic rings. The molecule has 24 heavy (non-hydrogen) atoms. The van der Waals surface area contributed by atoms with Gasteiger partial charge >= 0.3 is 0 Å². The molecular weight excluding hydrogens is 304 g/mol. The third-order valence-corrected chi connectivity index (χ3v) is 4.70. The van der Waals surface area contributed by atoms with Crippen LogP contribution in [0.1, 0.15) is 40.4 Å². The summed E-state index contributed by atoms with van der Waals surface area (Å²) in [6, 6.07) is 9.94. The summed E-state index contributed by atoms with van der Waals surface area (Å²) in [6.07, 6.45) is 4.30. The van der Waals surface area contributed by atoms with Gasteiger partial charge in [0.25, 0.3) is 5.91 Å². The number of amides is 1. The van der Waals surface area contributed by atoms with Gasteiger partial charge in [-0.2, -0.15) is 0 Å². The first-order valence-corrected chi connectivity index (χ1v) is 8.43. The molecule has 2 aromatic rings. The Morgan fingerprint density at radius 2 is 2.08 bits per heavy atom. The fraction of sp³-hybridized carbons (Fsp3) is 0.421. The number of rotatable bonds is 5. The average molecular weight is 328 g/mol. The van der Waals surface area contributed by atoms with Crippen LogP contribution in [0.2, 0.25) is 0 Å². The molecule has 1 atom stereocenters. The lowest BCUT2D eigenvalue weighted by atomic mass is 10.0. The number of carbonyl (C=O) groups is 1. The summed E-state index contributed by atoms with van der Waals surface area (Å²) in [7, 11) is 0. The SMILES string of the molecule is Cc1ccccc1C(O)CNC1CCN(C(=O)c2ccoc2)CC1. The maximum absolute atomic E-state index is 12.3. The quantitative estimate of drug-likeness (QED) is 0.885. The van der Waals surface area contributed by atoms with Crippen molar-refractivity contribution < 1.29 is 14.3 Å². The molecule has 5 nitrogen and oxygen atoms in total. The zero-order chi connectivity index (χ0) is 16.9. The Bertz CT molecular complexity index is 661. The van der Waals surface area contributed by atoms with Gasteiger partial charge in [-0.25, -0.2) is 0 Å². The van der Waals surface area contributed by atoms with E-state index in [9.17, 15) is 9.90 Å². The number of hydrogen-bond acceptors (Lipinski definition) is 4. The highest BCUT2D eigenvalue weighted by atomic mass is 16.3. The molecule has 0 saturated carbocycles. The molecule has 1 fully saturated rings. The third-order valence-electron chi connectivity index (χ3n) is 4.70. The lowest BCUT2D eigenvalue weighted by Crippen LogP contribution is -2.45. The van der Waals surface area contributed by atoms with Crippen LogP contribution in [-0.2, 0) is 0 Å². The molecule has 1 unspecified atom stereocenters. The number of benzene rings is 1. The zero-order valence-electron chi connectivity index (χ0n) is 13.9. The van der Waals surface area contributed by atoms with Crippen molar-refractivity contribution in [1.82, 2.24) is 10.2 Å². The molecule has 0 radical (unpaired) electrons. The predicted molar refractivity (Wildman–Crippen MR) is 91.8 cm³/mol. The first-order chi connectivity index (χ1) is 11.6. The van der Waals surface area contributed by atoms with E-state index >= 15 is 0 Å². The summed E-state index contributed by atoms with van der Waals surface area (Å²) in [5.74, 6) is 0.0298. The van der Waals surface area contributed by atoms with Crippen LogP contribution in [0.4, 0.5) is 0 Å². The number of nitrogens with one attached hydrogen (secondary N) is 1. The molecule has 1 aliphatic heterocycles. The van der Waals surface area contributed by atoms with E-state index in [1.54, 1.807) is 6.07 Å². The number of piperidine rings is 1. The van der Waals surface area contributed by atoms with Crippen LogP contribution in [0.5, 0.6) is 0 Å². The topological polar surface area (TPSA) is 65.7 Å². The Kier molecular flexibility index (Phi) is 5.33. The van der Waals surface area contributed by atoms with Gasteiger partial charge in [0.1, 0.15) is 6.26 Å². The molecule has 128 valence electrons. The zero-order valence-corrected chi connectivity index (χ0v) is 13.9. The van der Waals surface area contributed by atoms with Crippen molar-refractivity contribution in [3.8, 4) is 0 Å². The molecule has 0 bridgehead atoms. The van der Waals surface area contributed by atoms with E-state index in [1.165, 1.54) is 12.5 Å². The molecule has 3 rings (SSSR count). The van der Waals surface area contributed by atoms with Crippen LogP contribution in [0.15, 0.2) is 47.3 Å². The number of aliphatic hydroxyl groups excluding tert-OH is 1. The van der Waals surface area contributed by atoms with Gasteiger partial charge in [0, 0.05) is 25.7 Å². The maximum Gasteiger partial charge on any atom is 0.257 e. The molecule has 1 saturated heterocycles. The van der Waals surface area contributed by atoms with E-state index < -0.39 is 6.10 Å². The predicted octanol–water partition coefficient (Wildman–Crippen LogP) is 2.52. The molecule has 1 amide bonds. The number of furan rings is 1. The Morgan fingerprint density at radius 1 is 1.33 bits per heavy atom. The number of aliphatic hydroxyl groups is 1. The van der Waals surface area contributed by atoms with Crippen molar-refractivity contribution in [2.75, 3.05) is 19.6 Å². The van der Waals surface area contributed by atoms with Gasteiger partial charge < -0.3 is 19.7 Å². The van der Waals surface area contributed by atoms with Gasteiger partial charge in [0.05, 0.1) is 17.9 Å². The number of likely N-dealkylation sites (tertiary alicyclic amines) is 1. The molecule has 1 aromatic carbocycles. The summed E-state index contributed by atoms with van der Waals surface area (Å²) in [6.45, 7) is 3.99. The largest absolute Gasteiger partial charge is 0.472 e. The maximum atomic E-state index is 12.3. The second-order valence-corrected chi connectivity index (χ2v) is 6.36. The molecule has 0 spiro atoms. The van der Waals surface area contributed by atoms with Crippen molar-refractivity contribution in [3.63, 3.8) is 0 Å². The number of hydrogen-bond donors (Lipinski definition) is 2. The lowest BCUT2D eigenvalue weighted by molar-refractivity contribution is 0.0697. The van der Waals surface area contributed by atoms with E-state index in [0.29, 0.717) is 18.2 Å². The number of carbonyl (C=O) groups excluding carboxylic acids is 1. The van der Waals surface area contributed by atoms with Crippen molar-refractivity contribution in [2.45, 2.75) is 31.9 Å². The summed E-state index contributed by atoms with van der Waals surface area (Å²) in [4.78, 5) is 14.1. The molecule has 2 heterocycles. The minimum Gasteiger partial charge on any atom is -0.472 e. The minimum atomic E-state index is -0.503. The summed E-state index contributed by atoms with van der Waals surface area (Å²) in [5, 5.41) is 13.8. The second-order valence-electron chi connectivity index (χ2n) is 6.36. The molecule has 2 N–H and O–H groups in total. The van der Waals surface area contributed by atoms with E-state index in [-0.39, 0.29) is 5.91 Å². The van der Waals surface area contributed by atoms with Gasteiger partial charge in [0.2, 0.25) is 0 Å². The standard InChI is InChI=1S/C19H24N2O3/c1-14-4-2-3-5-17(14)18(22)12-20-16-6-9-21(10-7-16)19(23)15-8-11-24-13-15/h2-5,8,11,13,16,18,20,22H,6-7,9-10,12H2,1H3. The molecule has 5 heteroatoms. The normalized spacial score (nSPS) is 17.0. The van der Waals surface area contributed by atoms with Gasteiger partial charge in [-0.3, -0.25) is 4.79 Å². The summed E-state index contributed by atoms with van der Waals surface area (Å²) < 4.78 is 4.98. The van der Waals surface area contributed by atoms with Gasteiger partial charge in [0.15, 0.2) is 0 Å². The van der Waals surface area contributed by atoms with E-state index in [1.807, 2.05) is 36.1 Å². The van der Waals surface area contributed by atoms with Gasteiger partial charge in [-0.05, 0) is 37.0 Å². The van der Waals surface area contributed by atoms with Gasteiger partial charge in [-0.15, -0.1) is 0 Å². The first kappa shape index (κ1) is 16.7. The van der Waals surface area contributed by atoms with Crippen LogP contribution in [0.25, 0.3) is 0 Å². The van der Waals surface area contributed by atoms with Crippen LogP contribution >= 0.6 is 0 Å². The monoisotopic (exact) mass is 328 g/mol. The molecule has 0 aliphatic carbocycles. The van der Waals surface area contributed by atoms with Crippen molar-refractivity contribution in [1.29, 1.82) is 0 Å². The van der Waals surface area contributed by atoms with Gasteiger partial charge in [-0.1, -0.05) is 24.3 Å². The number of nitrogens with zero attached hydrogens (tertiary/aromatic N) is 1. The second kappa shape index (κ2) is 7.64. The fourth-order valence-corrected chi connectivity index (χ4v) is 3.20. The Morgan fingerprint density at radius 3 is 2.75 bits per heavy atom. The lowest BCUT2D eigenvalue weighted by Gasteiger charge is -2.32. The van der Waals surface area contributed by atoms with Crippen LogP contribution in [0.3, 0.4) is 0 Å². The Balaban J connectivity index is 1.46. The van der Waals surface area contributed by atoms with Crippen molar-refractivity contribution >= 4 is 5.91 Å². The summed E-state index contributed by atoms with van der Waals surface area (Å²) in [5.41, 5.74) is 2.68. The van der Waals surface area contributed by atoms with Crippen molar-refractivity contribution in [2.24, 2.45) is 0 Å². The van der Waals surface area contributed by atoms with Crippen LogP contribution in [-0.4, -0.2) is 41.6 Å². The molecular formula is C19H24N2O3. The Labute approximate surface area is 142 Å². The minimum absolute atomic E-state index is 0.0298. The smallest absolute Gasteiger partial charge is 0.257 e.